The van der Waals surface area contributed by atoms with E-state index in [-0.39, 0.29) is 30.2 Å². The fourth-order valence-electron chi connectivity index (χ4n) is 2.74. The van der Waals surface area contributed by atoms with Crippen molar-refractivity contribution in [2.24, 2.45) is 0 Å². The molecule has 0 atom stereocenters. The lowest BCUT2D eigenvalue weighted by atomic mass is 10.2. The van der Waals surface area contributed by atoms with Gasteiger partial charge in [0.05, 0.1) is 33.0 Å². The zero-order chi connectivity index (χ0) is 23.5. The summed E-state index contributed by atoms with van der Waals surface area (Å²) in [5.41, 5.74) is -0.662. The molecule has 1 amide bonds. The molecule has 8 nitrogen and oxygen atoms in total. The molecule has 12 heteroatoms. The number of amides is 1. The zero-order valence-electron chi connectivity index (χ0n) is 16.5. The maximum atomic E-state index is 12.9. The molecule has 0 fully saturated rings. The molecule has 2 aromatic carbocycles. The minimum Gasteiger partial charge on any atom is -0.457 e. The molecule has 0 spiro atoms. The number of anilines is 1. The summed E-state index contributed by atoms with van der Waals surface area (Å²) in [6, 6.07) is 7.52. The van der Waals surface area contributed by atoms with E-state index < -0.39 is 28.3 Å². The van der Waals surface area contributed by atoms with Crippen molar-refractivity contribution < 1.29 is 27.6 Å². The number of rotatable bonds is 7. The Bertz CT molecular complexity index is 1140. The highest BCUT2D eigenvalue weighted by Crippen LogP contribution is 2.34. The number of halogens is 4. The fraction of sp³-hybridized carbons (Fsp3) is 0.200. The van der Waals surface area contributed by atoms with Crippen LogP contribution in [0.15, 0.2) is 48.7 Å². The number of ether oxygens (including phenoxy) is 1. The Morgan fingerprint density at radius 2 is 2.00 bits per heavy atom. The van der Waals surface area contributed by atoms with Gasteiger partial charge in [0.1, 0.15) is 11.5 Å². The van der Waals surface area contributed by atoms with Crippen LogP contribution in [0.2, 0.25) is 5.02 Å². The number of carbonyl (C=O) groups excluding carboxylic acids is 1. The first kappa shape index (κ1) is 23.1. The number of hydrogen-bond acceptors (Lipinski definition) is 5. The molecule has 32 heavy (non-hydrogen) atoms. The average molecular weight is 469 g/mol. The second kappa shape index (κ2) is 9.27. The fourth-order valence-corrected chi connectivity index (χ4v) is 2.89. The topological polar surface area (TPSA) is 99.3 Å². The van der Waals surface area contributed by atoms with Crippen LogP contribution in [0.4, 0.5) is 24.5 Å². The second-order valence-electron chi connectivity index (χ2n) is 6.72. The number of alkyl halides is 3. The summed E-state index contributed by atoms with van der Waals surface area (Å²) < 4.78 is 45.6. The Balaban J connectivity index is 1.75. The molecule has 0 saturated heterocycles. The van der Waals surface area contributed by atoms with Crippen molar-refractivity contribution in [1.29, 1.82) is 0 Å². The van der Waals surface area contributed by atoms with Crippen LogP contribution in [0.1, 0.15) is 17.7 Å². The van der Waals surface area contributed by atoms with E-state index in [1.807, 2.05) is 0 Å². The van der Waals surface area contributed by atoms with Crippen LogP contribution < -0.4 is 10.1 Å². The zero-order valence-corrected chi connectivity index (χ0v) is 17.3. The normalized spacial score (nSPS) is 11.3. The first-order valence-electron chi connectivity index (χ1n) is 9.15. The first-order chi connectivity index (χ1) is 15.0. The lowest BCUT2D eigenvalue weighted by molar-refractivity contribution is -0.384. The molecule has 0 radical (unpaired) electrons. The van der Waals surface area contributed by atoms with E-state index in [1.165, 1.54) is 16.8 Å². The summed E-state index contributed by atoms with van der Waals surface area (Å²) in [5.74, 6) is -0.730. The van der Waals surface area contributed by atoms with Crippen LogP contribution in [0.5, 0.6) is 11.5 Å². The molecular formula is C20H16ClF3N4O4. The minimum atomic E-state index is -4.57. The molecule has 3 rings (SSSR count). The molecule has 1 aromatic heterocycles. The lowest BCUT2D eigenvalue weighted by Crippen LogP contribution is -2.15. The number of benzene rings is 2. The van der Waals surface area contributed by atoms with Crippen molar-refractivity contribution in [1.82, 2.24) is 9.78 Å². The van der Waals surface area contributed by atoms with E-state index in [4.69, 9.17) is 16.3 Å². The molecule has 0 aliphatic rings. The van der Waals surface area contributed by atoms with Crippen molar-refractivity contribution in [2.45, 2.75) is 26.1 Å². The Labute approximate surface area is 184 Å². The smallest absolute Gasteiger partial charge is 0.416 e. The van der Waals surface area contributed by atoms with E-state index in [0.717, 1.165) is 30.3 Å². The number of aromatic nitrogens is 2. The van der Waals surface area contributed by atoms with E-state index >= 15 is 0 Å². The average Bonchev–Trinajstić information content (AvgIpc) is 3.03. The van der Waals surface area contributed by atoms with Gasteiger partial charge in [-0.1, -0.05) is 17.7 Å². The summed E-state index contributed by atoms with van der Waals surface area (Å²) in [6.45, 7) is 1.94. The minimum absolute atomic E-state index is 0.00393. The van der Waals surface area contributed by atoms with Crippen molar-refractivity contribution in [3.8, 4) is 11.5 Å². The number of nitro benzene ring substituents is 1. The Hall–Kier alpha value is -3.60. The van der Waals surface area contributed by atoms with Gasteiger partial charge < -0.3 is 10.1 Å². The van der Waals surface area contributed by atoms with Gasteiger partial charge in [0.15, 0.2) is 0 Å². The molecule has 0 unspecified atom stereocenters. The van der Waals surface area contributed by atoms with Crippen LogP contribution in [-0.4, -0.2) is 20.6 Å². The largest absolute Gasteiger partial charge is 0.457 e. The van der Waals surface area contributed by atoms with Crippen molar-refractivity contribution >= 4 is 28.9 Å². The summed E-state index contributed by atoms with van der Waals surface area (Å²) in [6.07, 6.45) is -3.00. The predicted octanol–water partition coefficient (Wildman–Crippen LogP) is 5.59. The van der Waals surface area contributed by atoms with Crippen LogP contribution in [0.25, 0.3) is 0 Å². The highest BCUT2D eigenvalue weighted by atomic mass is 35.5. The van der Waals surface area contributed by atoms with Crippen molar-refractivity contribution in [3.63, 3.8) is 0 Å². The number of hydrogen-bond donors (Lipinski definition) is 1. The van der Waals surface area contributed by atoms with Gasteiger partial charge in [-0.2, -0.15) is 18.3 Å². The first-order valence-corrected chi connectivity index (χ1v) is 9.53. The summed E-state index contributed by atoms with van der Waals surface area (Å²) >= 11 is 5.92. The van der Waals surface area contributed by atoms with Gasteiger partial charge in [-0.3, -0.25) is 19.6 Å². The third-order valence-corrected chi connectivity index (χ3v) is 4.61. The van der Waals surface area contributed by atoms with E-state index in [2.05, 4.69) is 10.4 Å². The van der Waals surface area contributed by atoms with Crippen molar-refractivity contribution in [2.75, 3.05) is 5.32 Å². The van der Waals surface area contributed by atoms with Crippen LogP contribution in [0, 0.1) is 17.0 Å². The Kier molecular flexibility index (Phi) is 6.68. The molecule has 1 heterocycles. The van der Waals surface area contributed by atoms with Gasteiger partial charge in [-0.15, -0.1) is 0 Å². The number of nitrogens with one attached hydrogen (secondary N) is 1. The van der Waals surface area contributed by atoms with Gasteiger partial charge in [-0.05, 0) is 25.1 Å². The molecule has 168 valence electrons. The SMILES string of the molecule is Cc1nn(CCC(=O)Nc2cc(Oc3cccc(C(F)(F)F)c3)cc([N+](=O)[O-])c2)cc1Cl. The van der Waals surface area contributed by atoms with Gasteiger partial charge in [0.2, 0.25) is 5.91 Å². The highest BCUT2D eigenvalue weighted by molar-refractivity contribution is 6.31. The quantitative estimate of drug-likeness (QED) is 0.360. The van der Waals surface area contributed by atoms with E-state index in [9.17, 15) is 28.1 Å². The van der Waals surface area contributed by atoms with Gasteiger partial charge >= 0.3 is 6.18 Å². The number of carbonyl (C=O) groups is 1. The molecule has 0 bridgehead atoms. The van der Waals surface area contributed by atoms with Crippen LogP contribution >= 0.6 is 11.6 Å². The lowest BCUT2D eigenvalue weighted by Gasteiger charge is -2.11. The second-order valence-corrected chi connectivity index (χ2v) is 7.13. The van der Waals surface area contributed by atoms with E-state index in [0.29, 0.717) is 10.7 Å². The van der Waals surface area contributed by atoms with Crippen molar-refractivity contribution in [3.05, 3.63) is 75.1 Å². The summed E-state index contributed by atoms with van der Waals surface area (Å²) in [4.78, 5) is 22.8. The molecule has 1 N–H and O–H groups in total. The monoisotopic (exact) mass is 468 g/mol. The maximum Gasteiger partial charge on any atom is 0.416 e. The standard InChI is InChI=1S/C20H16ClF3N4O4/c1-12-18(21)11-27(26-12)6-5-19(29)25-14-8-15(28(30)31)10-17(9-14)32-16-4-2-3-13(7-16)20(22,23)24/h2-4,7-11H,5-6H2,1H3,(H,25,29). The van der Waals surface area contributed by atoms with Gasteiger partial charge in [0, 0.05) is 31.3 Å². The Morgan fingerprint density at radius 1 is 1.25 bits per heavy atom. The summed E-state index contributed by atoms with van der Waals surface area (Å²) in [7, 11) is 0. The third kappa shape index (κ3) is 5.97. The third-order valence-electron chi connectivity index (χ3n) is 4.24. The van der Waals surface area contributed by atoms with Crippen LogP contribution in [-0.2, 0) is 17.5 Å². The molecular weight excluding hydrogens is 453 g/mol. The number of non-ortho nitro benzene ring substituents is 1. The summed E-state index contributed by atoms with van der Waals surface area (Å²) in [5, 5.41) is 18.3. The number of nitro groups is 1. The number of nitrogens with zero attached hydrogens (tertiary/aromatic N) is 3. The predicted molar refractivity (Wildman–Crippen MR) is 110 cm³/mol. The highest BCUT2D eigenvalue weighted by Gasteiger charge is 2.30. The molecule has 3 aromatic rings. The maximum absolute atomic E-state index is 12.9. The van der Waals surface area contributed by atoms with Gasteiger partial charge in [-0.25, -0.2) is 0 Å². The number of aryl methyl sites for hydroxylation is 2. The Morgan fingerprint density at radius 3 is 2.62 bits per heavy atom. The van der Waals surface area contributed by atoms with E-state index in [1.54, 1.807) is 13.1 Å². The molecule has 0 aliphatic carbocycles. The molecule has 0 aliphatic heterocycles. The molecule has 0 saturated carbocycles. The van der Waals surface area contributed by atoms with Gasteiger partial charge in [0.25, 0.3) is 5.69 Å². The van der Waals surface area contributed by atoms with Crippen LogP contribution in [0.3, 0.4) is 0 Å².